The van der Waals surface area contributed by atoms with E-state index in [1.807, 2.05) is 19.2 Å². The van der Waals surface area contributed by atoms with Crippen molar-refractivity contribution >= 4 is 23.2 Å². The first-order valence-corrected chi connectivity index (χ1v) is 7.08. The van der Waals surface area contributed by atoms with Gasteiger partial charge in [-0.1, -0.05) is 48.9 Å². The highest BCUT2D eigenvalue weighted by atomic mass is 35.5. The molecule has 1 atom stereocenters. The summed E-state index contributed by atoms with van der Waals surface area (Å²) in [5.74, 6) is 0.852. The van der Waals surface area contributed by atoms with Crippen molar-refractivity contribution in [3.63, 3.8) is 0 Å². The summed E-state index contributed by atoms with van der Waals surface area (Å²) in [6.07, 6.45) is 6.70. The van der Waals surface area contributed by atoms with Crippen LogP contribution in [0, 0.1) is 5.92 Å². The number of benzene rings is 1. The molecule has 1 aromatic rings. The predicted molar refractivity (Wildman–Crippen MR) is 74.8 cm³/mol. The van der Waals surface area contributed by atoms with Crippen LogP contribution in [0.3, 0.4) is 0 Å². The van der Waals surface area contributed by atoms with Gasteiger partial charge >= 0.3 is 0 Å². The number of rotatable bonds is 4. The number of halogens is 2. The summed E-state index contributed by atoms with van der Waals surface area (Å²) in [4.78, 5) is 0. The van der Waals surface area contributed by atoms with E-state index in [2.05, 4.69) is 5.32 Å². The van der Waals surface area contributed by atoms with Crippen LogP contribution in [-0.4, -0.2) is 7.05 Å². The van der Waals surface area contributed by atoms with Gasteiger partial charge in [0.15, 0.2) is 0 Å². The fourth-order valence-electron chi connectivity index (χ4n) is 2.78. The first-order valence-electron chi connectivity index (χ1n) is 6.32. The van der Waals surface area contributed by atoms with Crippen molar-refractivity contribution in [3.05, 3.63) is 33.8 Å². The molecule has 17 heavy (non-hydrogen) atoms. The Hall–Kier alpha value is -0.240. The minimum Gasteiger partial charge on any atom is -0.313 e. The van der Waals surface area contributed by atoms with Crippen molar-refractivity contribution in [1.82, 2.24) is 5.32 Å². The van der Waals surface area contributed by atoms with Gasteiger partial charge in [-0.2, -0.15) is 0 Å². The van der Waals surface area contributed by atoms with Gasteiger partial charge in [0, 0.05) is 16.1 Å². The van der Waals surface area contributed by atoms with Crippen LogP contribution in [0.1, 0.15) is 43.7 Å². The fourth-order valence-corrected chi connectivity index (χ4v) is 3.32. The van der Waals surface area contributed by atoms with Gasteiger partial charge in [-0.05, 0) is 43.1 Å². The molecule has 0 aromatic heterocycles. The molecule has 1 aliphatic carbocycles. The van der Waals surface area contributed by atoms with Gasteiger partial charge in [-0.3, -0.25) is 0 Å². The van der Waals surface area contributed by atoms with Gasteiger partial charge < -0.3 is 5.32 Å². The Morgan fingerprint density at radius 3 is 2.29 bits per heavy atom. The summed E-state index contributed by atoms with van der Waals surface area (Å²) >= 11 is 12.1. The molecule has 0 saturated heterocycles. The Morgan fingerprint density at radius 1 is 1.18 bits per heavy atom. The second-order valence-corrected chi connectivity index (χ2v) is 5.80. The Morgan fingerprint density at radius 2 is 1.76 bits per heavy atom. The molecule has 1 N–H and O–H groups in total. The predicted octanol–water partition coefficient (Wildman–Crippen LogP) is 4.83. The quantitative estimate of drug-likeness (QED) is 0.827. The third-order valence-electron chi connectivity index (χ3n) is 3.68. The monoisotopic (exact) mass is 271 g/mol. The van der Waals surface area contributed by atoms with Gasteiger partial charge in [0.25, 0.3) is 0 Å². The highest BCUT2D eigenvalue weighted by Gasteiger charge is 2.20. The summed E-state index contributed by atoms with van der Waals surface area (Å²) in [7, 11) is 2.01. The van der Waals surface area contributed by atoms with E-state index in [1.54, 1.807) is 6.07 Å². The third kappa shape index (κ3) is 3.61. The lowest BCUT2D eigenvalue weighted by atomic mass is 9.94. The first kappa shape index (κ1) is 13.2. The molecule has 1 saturated carbocycles. The first-order chi connectivity index (χ1) is 8.19. The van der Waals surface area contributed by atoms with Crippen LogP contribution in [0.25, 0.3) is 0 Å². The Balaban J connectivity index is 2.10. The van der Waals surface area contributed by atoms with E-state index in [4.69, 9.17) is 23.2 Å². The topological polar surface area (TPSA) is 12.0 Å². The van der Waals surface area contributed by atoms with E-state index < -0.39 is 0 Å². The highest BCUT2D eigenvalue weighted by molar-refractivity contribution is 6.34. The molecule has 0 bridgehead atoms. The Bertz CT molecular complexity index is 352. The van der Waals surface area contributed by atoms with E-state index in [0.29, 0.717) is 6.04 Å². The molecule has 94 valence electrons. The van der Waals surface area contributed by atoms with E-state index >= 15 is 0 Å². The number of nitrogens with one attached hydrogen (secondary N) is 1. The van der Waals surface area contributed by atoms with Crippen LogP contribution in [0.4, 0.5) is 0 Å². The molecular weight excluding hydrogens is 253 g/mol. The van der Waals surface area contributed by atoms with E-state index in [1.165, 1.54) is 37.7 Å². The molecule has 0 radical (unpaired) electrons. The summed E-state index contributed by atoms with van der Waals surface area (Å²) in [6.45, 7) is 0. The molecule has 0 amide bonds. The SMILES string of the molecule is CNC(CC1CCCC1)c1cc(Cl)cc(Cl)c1. The molecule has 1 nitrogen and oxygen atoms in total. The average Bonchev–Trinajstić information content (AvgIpc) is 2.77. The molecule has 0 aliphatic heterocycles. The van der Waals surface area contributed by atoms with E-state index in [-0.39, 0.29) is 0 Å². The smallest absolute Gasteiger partial charge is 0.0424 e. The zero-order valence-electron chi connectivity index (χ0n) is 10.2. The van der Waals surface area contributed by atoms with Crippen molar-refractivity contribution in [2.75, 3.05) is 7.05 Å². The van der Waals surface area contributed by atoms with Crippen LogP contribution >= 0.6 is 23.2 Å². The van der Waals surface area contributed by atoms with Crippen LogP contribution in [0.15, 0.2) is 18.2 Å². The standard InChI is InChI=1S/C14H19Cl2N/c1-17-14(6-10-4-2-3-5-10)11-7-12(15)9-13(16)8-11/h7-10,14,17H,2-6H2,1H3. The summed E-state index contributed by atoms with van der Waals surface area (Å²) in [6, 6.07) is 6.19. The Labute approximate surface area is 114 Å². The zero-order valence-corrected chi connectivity index (χ0v) is 11.7. The number of hydrogen-bond acceptors (Lipinski definition) is 1. The third-order valence-corrected chi connectivity index (χ3v) is 4.12. The van der Waals surface area contributed by atoms with Crippen molar-refractivity contribution in [2.24, 2.45) is 5.92 Å². The molecule has 1 aromatic carbocycles. The van der Waals surface area contributed by atoms with Crippen LogP contribution in [0.5, 0.6) is 0 Å². The minimum atomic E-state index is 0.370. The van der Waals surface area contributed by atoms with Crippen LogP contribution in [0.2, 0.25) is 10.0 Å². The maximum absolute atomic E-state index is 6.06. The van der Waals surface area contributed by atoms with Crippen LogP contribution in [-0.2, 0) is 0 Å². The van der Waals surface area contributed by atoms with Crippen molar-refractivity contribution < 1.29 is 0 Å². The second kappa shape index (κ2) is 6.08. The maximum Gasteiger partial charge on any atom is 0.0424 e. The lowest BCUT2D eigenvalue weighted by Gasteiger charge is -2.21. The molecule has 0 heterocycles. The summed E-state index contributed by atoms with van der Waals surface area (Å²) < 4.78 is 0. The van der Waals surface area contributed by atoms with Crippen molar-refractivity contribution in [1.29, 1.82) is 0 Å². The molecule has 0 spiro atoms. The molecule has 1 aliphatic rings. The number of hydrogen-bond donors (Lipinski definition) is 1. The zero-order chi connectivity index (χ0) is 12.3. The molecule has 1 fully saturated rings. The average molecular weight is 272 g/mol. The summed E-state index contributed by atoms with van der Waals surface area (Å²) in [5, 5.41) is 4.83. The molecule has 1 unspecified atom stereocenters. The van der Waals surface area contributed by atoms with Gasteiger partial charge in [0.2, 0.25) is 0 Å². The van der Waals surface area contributed by atoms with Gasteiger partial charge in [-0.25, -0.2) is 0 Å². The minimum absolute atomic E-state index is 0.370. The van der Waals surface area contributed by atoms with Gasteiger partial charge in [-0.15, -0.1) is 0 Å². The lowest BCUT2D eigenvalue weighted by Crippen LogP contribution is -2.19. The Kier molecular flexibility index (Phi) is 4.72. The van der Waals surface area contributed by atoms with E-state index in [0.717, 1.165) is 16.0 Å². The van der Waals surface area contributed by atoms with Gasteiger partial charge in [0.05, 0.1) is 0 Å². The van der Waals surface area contributed by atoms with Crippen molar-refractivity contribution in [3.8, 4) is 0 Å². The molecule has 3 heteroatoms. The largest absolute Gasteiger partial charge is 0.313 e. The fraction of sp³-hybridized carbons (Fsp3) is 0.571. The molecule has 2 rings (SSSR count). The molecular formula is C14H19Cl2N. The normalized spacial score (nSPS) is 18.5. The van der Waals surface area contributed by atoms with Crippen molar-refractivity contribution in [2.45, 2.75) is 38.1 Å². The maximum atomic E-state index is 6.06. The summed E-state index contributed by atoms with van der Waals surface area (Å²) in [5.41, 5.74) is 1.21. The van der Waals surface area contributed by atoms with Gasteiger partial charge in [0.1, 0.15) is 0 Å². The lowest BCUT2D eigenvalue weighted by molar-refractivity contribution is 0.413. The highest BCUT2D eigenvalue weighted by Crippen LogP contribution is 2.34. The van der Waals surface area contributed by atoms with Crippen LogP contribution < -0.4 is 5.32 Å². The second-order valence-electron chi connectivity index (χ2n) is 4.93. The van der Waals surface area contributed by atoms with E-state index in [9.17, 15) is 0 Å².